The first-order chi connectivity index (χ1) is 11.3. The van der Waals surface area contributed by atoms with E-state index in [1.54, 1.807) is 12.4 Å². The molecule has 1 heterocycles. The lowest BCUT2D eigenvalue weighted by Crippen LogP contribution is -2.14. The summed E-state index contributed by atoms with van der Waals surface area (Å²) in [7, 11) is 0. The summed E-state index contributed by atoms with van der Waals surface area (Å²) in [4.78, 5) is 16.3. The van der Waals surface area contributed by atoms with Crippen LogP contribution in [0.4, 0.5) is 0 Å². The highest BCUT2D eigenvalue weighted by molar-refractivity contribution is 5.73. The summed E-state index contributed by atoms with van der Waals surface area (Å²) in [5.41, 5.74) is 2.76. The maximum Gasteiger partial charge on any atom is 0.311 e. The molecule has 0 bridgehead atoms. The average molecular weight is 303 g/mol. The first-order valence-electron chi connectivity index (χ1n) is 7.51. The van der Waals surface area contributed by atoms with E-state index in [-0.39, 0.29) is 12.4 Å². The molecule has 0 N–H and O–H groups in total. The summed E-state index contributed by atoms with van der Waals surface area (Å²) >= 11 is 0. The topological polar surface area (TPSA) is 39.2 Å². The van der Waals surface area contributed by atoms with Gasteiger partial charge in [-0.3, -0.25) is 9.78 Å². The van der Waals surface area contributed by atoms with Crippen LogP contribution in [0.1, 0.15) is 22.8 Å². The summed E-state index contributed by atoms with van der Waals surface area (Å²) in [6.45, 7) is 0. The number of aromatic nitrogens is 1. The van der Waals surface area contributed by atoms with E-state index >= 15 is 0 Å². The van der Waals surface area contributed by atoms with Gasteiger partial charge in [0, 0.05) is 12.4 Å². The van der Waals surface area contributed by atoms with E-state index in [0.717, 1.165) is 16.7 Å². The van der Waals surface area contributed by atoms with Gasteiger partial charge in [-0.25, -0.2) is 0 Å². The van der Waals surface area contributed by atoms with Gasteiger partial charge in [-0.15, -0.1) is 0 Å². The van der Waals surface area contributed by atoms with Crippen LogP contribution in [-0.4, -0.2) is 11.0 Å². The van der Waals surface area contributed by atoms with Crippen LogP contribution in [0, 0.1) is 0 Å². The van der Waals surface area contributed by atoms with Crippen molar-refractivity contribution < 1.29 is 9.53 Å². The van der Waals surface area contributed by atoms with Crippen molar-refractivity contribution in [3.05, 3.63) is 102 Å². The minimum absolute atomic E-state index is 0.212. The first-order valence-corrected chi connectivity index (χ1v) is 7.51. The molecule has 0 saturated carbocycles. The highest BCUT2D eigenvalue weighted by atomic mass is 16.5. The van der Waals surface area contributed by atoms with Crippen LogP contribution >= 0.6 is 0 Å². The quantitative estimate of drug-likeness (QED) is 0.670. The molecule has 3 aromatic rings. The molecule has 0 radical (unpaired) electrons. The van der Waals surface area contributed by atoms with Gasteiger partial charge in [-0.2, -0.15) is 0 Å². The van der Waals surface area contributed by atoms with Crippen LogP contribution in [0.2, 0.25) is 0 Å². The smallest absolute Gasteiger partial charge is 0.311 e. The molecule has 0 aliphatic heterocycles. The molecule has 0 amide bonds. The number of carbonyl (C=O) groups excluding carboxylic acids is 1. The number of nitrogens with zero attached hydrogens (tertiary/aromatic N) is 1. The standard InChI is InChI=1S/C20H17NO2/c22-19(14-16-8-7-13-21-15-16)23-20(17-9-3-1-4-10-17)18-11-5-2-6-12-18/h1-13,15,20H,14H2. The van der Waals surface area contributed by atoms with Crippen LogP contribution in [0.15, 0.2) is 85.2 Å². The molecule has 0 spiro atoms. The number of rotatable bonds is 5. The molecule has 0 aliphatic rings. The van der Waals surface area contributed by atoms with Crippen molar-refractivity contribution in [3.63, 3.8) is 0 Å². The van der Waals surface area contributed by atoms with Crippen LogP contribution in [0.5, 0.6) is 0 Å². The summed E-state index contributed by atoms with van der Waals surface area (Å²) in [6.07, 6.45) is 3.18. The van der Waals surface area contributed by atoms with E-state index in [2.05, 4.69) is 4.98 Å². The van der Waals surface area contributed by atoms with Crippen molar-refractivity contribution in [3.8, 4) is 0 Å². The molecule has 23 heavy (non-hydrogen) atoms. The van der Waals surface area contributed by atoms with Gasteiger partial charge in [-0.05, 0) is 22.8 Å². The minimum atomic E-state index is -0.401. The van der Waals surface area contributed by atoms with E-state index in [4.69, 9.17) is 4.74 Å². The maximum atomic E-state index is 12.3. The summed E-state index contributed by atoms with van der Waals surface area (Å²) in [5.74, 6) is -0.268. The molecule has 0 fully saturated rings. The largest absolute Gasteiger partial charge is 0.452 e. The fraction of sp³-hybridized carbons (Fsp3) is 0.100. The van der Waals surface area contributed by atoms with Gasteiger partial charge in [-0.1, -0.05) is 66.7 Å². The third-order valence-corrected chi connectivity index (χ3v) is 3.53. The van der Waals surface area contributed by atoms with Gasteiger partial charge in [0.1, 0.15) is 0 Å². The molecular weight excluding hydrogens is 286 g/mol. The fourth-order valence-electron chi connectivity index (χ4n) is 2.43. The molecule has 114 valence electrons. The Hall–Kier alpha value is -2.94. The second kappa shape index (κ2) is 7.36. The van der Waals surface area contributed by atoms with Crippen molar-refractivity contribution in [2.75, 3.05) is 0 Å². The van der Waals surface area contributed by atoms with E-state index < -0.39 is 6.10 Å². The Bertz CT molecular complexity index is 703. The van der Waals surface area contributed by atoms with E-state index in [1.165, 1.54) is 0 Å². The number of esters is 1. The van der Waals surface area contributed by atoms with Gasteiger partial charge in [0.05, 0.1) is 6.42 Å². The van der Waals surface area contributed by atoms with Crippen molar-refractivity contribution in [2.24, 2.45) is 0 Å². The SMILES string of the molecule is O=C(Cc1cccnc1)OC(c1ccccc1)c1ccccc1. The lowest BCUT2D eigenvalue weighted by atomic mass is 10.0. The van der Waals surface area contributed by atoms with E-state index in [9.17, 15) is 4.79 Å². The third kappa shape index (κ3) is 4.04. The first kappa shape index (κ1) is 15.0. The molecule has 0 atom stereocenters. The zero-order valence-corrected chi connectivity index (χ0v) is 12.6. The summed E-state index contributed by atoms with van der Waals surface area (Å²) < 4.78 is 5.76. The predicted octanol–water partition coefficient (Wildman–Crippen LogP) is 3.96. The Morgan fingerprint density at radius 3 is 2.00 bits per heavy atom. The Kier molecular flexibility index (Phi) is 4.79. The molecule has 2 aromatic carbocycles. The second-order valence-electron chi connectivity index (χ2n) is 5.23. The number of benzene rings is 2. The molecule has 3 nitrogen and oxygen atoms in total. The highest BCUT2D eigenvalue weighted by Crippen LogP contribution is 2.26. The van der Waals surface area contributed by atoms with Crippen molar-refractivity contribution >= 4 is 5.97 Å². The van der Waals surface area contributed by atoms with Gasteiger partial charge in [0.25, 0.3) is 0 Å². The van der Waals surface area contributed by atoms with Crippen molar-refractivity contribution in [1.82, 2.24) is 4.98 Å². The maximum absolute atomic E-state index is 12.3. The van der Waals surface area contributed by atoms with Crippen molar-refractivity contribution in [2.45, 2.75) is 12.5 Å². The molecule has 0 saturated heterocycles. The normalized spacial score (nSPS) is 10.5. The number of ether oxygens (including phenoxy) is 1. The summed E-state index contributed by atoms with van der Waals surface area (Å²) in [6, 6.07) is 23.2. The minimum Gasteiger partial charge on any atom is -0.452 e. The van der Waals surface area contributed by atoms with Gasteiger partial charge in [0.15, 0.2) is 6.10 Å². The number of hydrogen-bond donors (Lipinski definition) is 0. The van der Waals surface area contributed by atoms with E-state index in [0.29, 0.717) is 0 Å². The monoisotopic (exact) mass is 303 g/mol. The Labute approximate surface area is 135 Å². The molecular formula is C20H17NO2. The second-order valence-corrected chi connectivity index (χ2v) is 5.23. The average Bonchev–Trinajstić information content (AvgIpc) is 2.62. The van der Waals surface area contributed by atoms with Gasteiger partial charge < -0.3 is 4.74 Å². The lowest BCUT2D eigenvalue weighted by molar-refractivity contribution is -0.146. The fourth-order valence-corrected chi connectivity index (χ4v) is 2.43. The lowest BCUT2D eigenvalue weighted by Gasteiger charge is -2.19. The Morgan fingerprint density at radius 1 is 0.870 bits per heavy atom. The van der Waals surface area contributed by atoms with E-state index in [1.807, 2.05) is 72.8 Å². The van der Waals surface area contributed by atoms with Gasteiger partial charge >= 0.3 is 5.97 Å². The zero-order chi connectivity index (χ0) is 15.9. The van der Waals surface area contributed by atoms with Gasteiger partial charge in [0.2, 0.25) is 0 Å². The molecule has 3 heteroatoms. The third-order valence-electron chi connectivity index (χ3n) is 3.53. The Balaban J connectivity index is 1.81. The van der Waals surface area contributed by atoms with Crippen LogP contribution in [-0.2, 0) is 16.0 Å². The molecule has 1 aromatic heterocycles. The Morgan fingerprint density at radius 2 is 1.48 bits per heavy atom. The van der Waals surface area contributed by atoms with Crippen LogP contribution in [0.3, 0.4) is 0 Å². The molecule has 0 unspecified atom stereocenters. The predicted molar refractivity (Wildman–Crippen MR) is 88.8 cm³/mol. The highest BCUT2D eigenvalue weighted by Gasteiger charge is 2.18. The number of pyridine rings is 1. The molecule has 0 aliphatic carbocycles. The zero-order valence-electron chi connectivity index (χ0n) is 12.6. The van der Waals surface area contributed by atoms with Crippen LogP contribution in [0.25, 0.3) is 0 Å². The van der Waals surface area contributed by atoms with Crippen LogP contribution < -0.4 is 0 Å². The summed E-state index contributed by atoms with van der Waals surface area (Å²) in [5, 5.41) is 0. The molecule has 3 rings (SSSR count). The number of hydrogen-bond acceptors (Lipinski definition) is 3. The van der Waals surface area contributed by atoms with Crippen molar-refractivity contribution in [1.29, 1.82) is 0 Å². The number of carbonyl (C=O) groups is 1.